The summed E-state index contributed by atoms with van der Waals surface area (Å²) in [5, 5.41) is 6.28. The molecule has 2 amide bonds. The lowest BCUT2D eigenvalue weighted by atomic mass is 9.67. The summed E-state index contributed by atoms with van der Waals surface area (Å²) >= 11 is 7.41. The first-order chi connectivity index (χ1) is 12.5. The number of nitrogens with one attached hydrogen (secondary N) is 2. The van der Waals surface area contributed by atoms with Crippen LogP contribution in [-0.2, 0) is 9.59 Å². The number of nitrogens with two attached hydrogens (primary N) is 1. The van der Waals surface area contributed by atoms with E-state index in [0.29, 0.717) is 16.9 Å². The van der Waals surface area contributed by atoms with Crippen LogP contribution in [0.2, 0.25) is 5.02 Å². The minimum absolute atomic E-state index is 0. The summed E-state index contributed by atoms with van der Waals surface area (Å²) in [7, 11) is 0. The molecular formula is C19H25Cl2N3O2S. The quantitative estimate of drug-likeness (QED) is 0.685. The fourth-order valence-electron chi connectivity index (χ4n) is 4.70. The summed E-state index contributed by atoms with van der Waals surface area (Å²) in [6, 6.07) is 5.92. The van der Waals surface area contributed by atoms with Crippen molar-refractivity contribution in [2.75, 3.05) is 5.32 Å². The van der Waals surface area contributed by atoms with E-state index >= 15 is 0 Å². The zero-order chi connectivity index (χ0) is 18.3. The van der Waals surface area contributed by atoms with Crippen molar-refractivity contribution in [2.24, 2.45) is 17.6 Å². The molecule has 4 rings (SSSR count). The first kappa shape index (κ1) is 20.8. The number of rotatable bonds is 3. The molecule has 1 heterocycles. The second-order valence-corrected chi connectivity index (χ2v) is 9.40. The highest BCUT2D eigenvalue weighted by Crippen LogP contribution is 2.41. The smallest absolute Gasteiger partial charge is 0.238 e. The molecule has 3 unspecified atom stereocenters. The van der Waals surface area contributed by atoms with Gasteiger partial charge in [0.15, 0.2) is 0 Å². The first-order valence-electron chi connectivity index (χ1n) is 9.31. The minimum atomic E-state index is -0.408. The molecule has 0 radical (unpaired) electrons. The Morgan fingerprint density at radius 1 is 1.30 bits per heavy atom. The van der Waals surface area contributed by atoms with Gasteiger partial charge in [0, 0.05) is 28.4 Å². The predicted octanol–water partition coefficient (Wildman–Crippen LogP) is 3.59. The van der Waals surface area contributed by atoms with E-state index in [2.05, 4.69) is 10.6 Å². The van der Waals surface area contributed by atoms with Crippen LogP contribution in [0.4, 0.5) is 5.69 Å². The summed E-state index contributed by atoms with van der Waals surface area (Å²) in [4.78, 5) is 26.0. The molecule has 4 N–H and O–H groups in total. The fraction of sp³-hybridized carbons (Fsp3) is 0.579. The highest BCUT2D eigenvalue weighted by molar-refractivity contribution is 8.01. The Hall–Kier alpha value is -0.950. The normalized spacial score (nSPS) is 31.9. The average Bonchev–Trinajstić information content (AvgIpc) is 2.56. The highest BCUT2D eigenvalue weighted by atomic mass is 35.5. The fourth-order valence-corrected chi connectivity index (χ4v) is 5.96. The van der Waals surface area contributed by atoms with Crippen molar-refractivity contribution in [1.29, 1.82) is 0 Å². The largest absolute Gasteiger partial charge is 0.353 e. The van der Waals surface area contributed by atoms with Crippen molar-refractivity contribution in [1.82, 2.24) is 5.32 Å². The summed E-state index contributed by atoms with van der Waals surface area (Å²) in [6.45, 7) is 0. The first-order valence-corrected chi connectivity index (χ1v) is 10.6. The molecule has 1 aromatic carbocycles. The van der Waals surface area contributed by atoms with E-state index in [1.165, 1.54) is 18.2 Å². The molecule has 1 aromatic rings. The van der Waals surface area contributed by atoms with Crippen LogP contribution in [0.25, 0.3) is 0 Å². The monoisotopic (exact) mass is 429 g/mol. The van der Waals surface area contributed by atoms with E-state index in [-0.39, 0.29) is 42.7 Å². The summed E-state index contributed by atoms with van der Waals surface area (Å²) < 4.78 is 0. The van der Waals surface area contributed by atoms with Gasteiger partial charge in [0.1, 0.15) is 0 Å². The Morgan fingerprint density at radius 2 is 2.00 bits per heavy atom. The maximum absolute atomic E-state index is 12.6. The van der Waals surface area contributed by atoms with E-state index in [0.717, 1.165) is 36.3 Å². The van der Waals surface area contributed by atoms with Crippen LogP contribution >= 0.6 is 35.8 Å². The Balaban J connectivity index is 0.00000210. The third-order valence-corrected chi connectivity index (χ3v) is 7.35. The van der Waals surface area contributed by atoms with Gasteiger partial charge in [-0.05, 0) is 55.7 Å². The lowest BCUT2D eigenvalue weighted by molar-refractivity contribution is -0.125. The third kappa shape index (κ3) is 4.56. The van der Waals surface area contributed by atoms with E-state index in [1.54, 1.807) is 12.1 Å². The molecule has 2 fully saturated rings. The van der Waals surface area contributed by atoms with Crippen LogP contribution in [0.15, 0.2) is 23.1 Å². The molecule has 0 saturated heterocycles. The standard InChI is InChI=1S/C19H24ClN3O2S.ClH/c20-12-4-5-15-14(8-12)22-19(25)16(26-15)9-17(24)23-18-10-2-1-3-11(18)7-13(21)6-10;/h4-5,8,10-11,13,16,18H,1-3,6-7,9,21H2,(H,22,25)(H,23,24);1H. The number of hydrogen-bond acceptors (Lipinski definition) is 4. The molecule has 2 aliphatic carbocycles. The summed E-state index contributed by atoms with van der Waals surface area (Å²) in [6.07, 6.45) is 5.70. The van der Waals surface area contributed by atoms with Crippen LogP contribution in [0.5, 0.6) is 0 Å². The molecule has 3 atom stereocenters. The van der Waals surface area contributed by atoms with Gasteiger partial charge in [0.2, 0.25) is 11.8 Å². The third-order valence-electron chi connectivity index (χ3n) is 5.84. The molecule has 27 heavy (non-hydrogen) atoms. The Bertz CT molecular complexity index is 719. The summed E-state index contributed by atoms with van der Waals surface area (Å²) in [5.41, 5.74) is 6.89. The molecule has 0 aromatic heterocycles. The van der Waals surface area contributed by atoms with Crippen molar-refractivity contribution in [3.8, 4) is 0 Å². The zero-order valence-electron chi connectivity index (χ0n) is 14.9. The molecule has 0 spiro atoms. The number of fused-ring (bicyclic) bond motifs is 3. The lowest BCUT2D eigenvalue weighted by Gasteiger charge is -2.45. The van der Waals surface area contributed by atoms with Crippen molar-refractivity contribution in [3.63, 3.8) is 0 Å². The molecule has 3 aliphatic rings. The SMILES string of the molecule is Cl.NC1CC2CCCC(C1)C2NC(=O)CC1Sc2ccc(Cl)cc2NC1=O. The van der Waals surface area contributed by atoms with E-state index in [4.69, 9.17) is 17.3 Å². The molecule has 8 heteroatoms. The Labute approximate surface area is 175 Å². The van der Waals surface area contributed by atoms with Crippen molar-refractivity contribution >= 4 is 53.3 Å². The van der Waals surface area contributed by atoms with E-state index < -0.39 is 5.25 Å². The molecule has 2 saturated carbocycles. The lowest BCUT2D eigenvalue weighted by Crippen LogP contribution is -2.54. The van der Waals surface area contributed by atoms with Crippen LogP contribution < -0.4 is 16.4 Å². The topological polar surface area (TPSA) is 84.2 Å². The van der Waals surface area contributed by atoms with Gasteiger partial charge in [-0.3, -0.25) is 9.59 Å². The maximum Gasteiger partial charge on any atom is 0.238 e. The van der Waals surface area contributed by atoms with Gasteiger partial charge in [-0.2, -0.15) is 0 Å². The molecule has 5 nitrogen and oxygen atoms in total. The van der Waals surface area contributed by atoms with Gasteiger partial charge >= 0.3 is 0 Å². The van der Waals surface area contributed by atoms with Crippen molar-refractivity contribution < 1.29 is 9.59 Å². The zero-order valence-corrected chi connectivity index (χ0v) is 17.3. The number of amides is 2. The minimum Gasteiger partial charge on any atom is -0.353 e. The van der Waals surface area contributed by atoms with Crippen LogP contribution in [0, 0.1) is 11.8 Å². The Morgan fingerprint density at radius 3 is 2.70 bits per heavy atom. The van der Waals surface area contributed by atoms with E-state index in [9.17, 15) is 9.59 Å². The van der Waals surface area contributed by atoms with Gasteiger partial charge < -0.3 is 16.4 Å². The number of halogens is 2. The molecule has 1 aliphatic heterocycles. The van der Waals surface area contributed by atoms with Crippen LogP contribution in [0.1, 0.15) is 38.5 Å². The maximum atomic E-state index is 12.6. The summed E-state index contributed by atoms with van der Waals surface area (Å²) in [5.74, 6) is 0.799. The highest BCUT2D eigenvalue weighted by Gasteiger charge is 2.40. The van der Waals surface area contributed by atoms with Crippen LogP contribution in [0.3, 0.4) is 0 Å². The number of thioether (sulfide) groups is 1. The van der Waals surface area contributed by atoms with Crippen molar-refractivity contribution in [3.05, 3.63) is 23.2 Å². The van der Waals surface area contributed by atoms with Gasteiger partial charge in [-0.1, -0.05) is 18.0 Å². The number of hydrogen-bond donors (Lipinski definition) is 3. The van der Waals surface area contributed by atoms with Crippen molar-refractivity contribution in [2.45, 2.75) is 60.8 Å². The number of carbonyl (C=O) groups excluding carboxylic acids is 2. The van der Waals surface area contributed by atoms with E-state index in [1.807, 2.05) is 6.07 Å². The number of benzene rings is 1. The van der Waals surface area contributed by atoms with Crippen LogP contribution in [-0.4, -0.2) is 29.1 Å². The second-order valence-electron chi connectivity index (χ2n) is 7.72. The van der Waals surface area contributed by atoms with Gasteiger partial charge in [0.05, 0.1) is 10.9 Å². The number of anilines is 1. The molecule has 148 valence electrons. The average molecular weight is 430 g/mol. The molecular weight excluding hydrogens is 405 g/mol. The van der Waals surface area contributed by atoms with Gasteiger partial charge in [-0.25, -0.2) is 0 Å². The second kappa shape index (κ2) is 8.60. The Kier molecular flexibility index (Phi) is 6.62. The predicted molar refractivity (Wildman–Crippen MR) is 112 cm³/mol. The molecule has 2 bridgehead atoms. The van der Waals surface area contributed by atoms with Gasteiger partial charge in [-0.15, -0.1) is 24.2 Å². The van der Waals surface area contributed by atoms with Gasteiger partial charge in [0.25, 0.3) is 0 Å². The number of carbonyl (C=O) groups is 2.